The van der Waals surface area contributed by atoms with Crippen LogP contribution >= 0.6 is 0 Å². The van der Waals surface area contributed by atoms with E-state index in [0.717, 1.165) is 6.54 Å². The first-order valence-corrected chi connectivity index (χ1v) is 5.74. The normalized spacial score (nSPS) is 17.1. The minimum atomic E-state index is -0.280. The third kappa shape index (κ3) is 2.18. The molecule has 2 rings (SSSR count). The number of nitrogens with zero attached hydrogens (tertiary/aromatic N) is 1. The number of hydrogen-bond acceptors (Lipinski definition) is 4. The Labute approximate surface area is 94.5 Å². The van der Waals surface area contributed by atoms with Crippen LogP contribution in [0.3, 0.4) is 0 Å². The predicted octanol–water partition coefficient (Wildman–Crippen LogP) is 1.34. The van der Waals surface area contributed by atoms with Crippen molar-refractivity contribution in [3.63, 3.8) is 0 Å². The van der Waals surface area contributed by atoms with Gasteiger partial charge in [0.05, 0.1) is 6.33 Å². The van der Waals surface area contributed by atoms with Gasteiger partial charge in [-0.25, -0.2) is 4.98 Å². The van der Waals surface area contributed by atoms with E-state index in [-0.39, 0.29) is 11.2 Å². The van der Waals surface area contributed by atoms with Crippen molar-refractivity contribution in [3.05, 3.63) is 16.7 Å². The van der Waals surface area contributed by atoms with Crippen LogP contribution in [0.5, 0.6) is 0 Å². The summed E-state index contributed by atoms with van der Waals surface area (Å²) in [6.45, 7) is 3.06. The first-order valence-electron chi connectivity index (χ1n) is 5.74. The topological polar surface area (TPSA) is 83.8 Å². The SMILES string of the molecule is CCCC1(CNc2nc[nH]c(=O)c2N)CC1. The average Bonchev–Trinajstić information content (AvgIpc) is 3.02. The van der Waals surface area contributed by atoms with Crippen LogP contribution in [-0.2, 0) is 0 Å². The van der Waals surface area contributed by atoms with Crippen molar-refractivity contribution in [1.82, 2.24) is 9.97 Å². The van der Waals surface area contributed by atoms with Crippen molar-refractivity contribution in [1.29, 1.82) is 0 Å². The number of rotatable bonds is 5. The summed E-state index contributed by atoms with van der Waals surface area (Å²) in [4.78, 5) is 17.7. The average molecular weight is 222 g/mol. The zero-order valence-corrected chi connectivity index (χ0v) is 9.55. The molecule has 0 atom stereocenters. The van der Waals surface area contributed by atoms with Gasteiger partial charge in [-0.15, -0.1) is 0 Å². The number of hydrogen-bond donors (Lipinski definition) is 3. The first kappa shape index (κ1) is 11.0. The maximum atomic E-state index is 11.2. The predicted molar refractivity (Wildman–Crippen MR) is 64.3 cm³/mol. The largest absolute Gasteiger partial charge is 0.391 e. The van der Waals surface area contributed by atoms with Gasteiger partial charge < -0.3 is 16.0 Å². The number of H-pyrrole nitrogens is 1. The van der Waals surface area contributed by atoms with Crippen LogP contribution in [-0.4, -0.2) is 16.5 Å². The molecule has 0 amide bonds. The maximum absolute atomic E-state index is 11.2. The number of nitrogen functional groups attached to an aromatic ring is 1. The fraction of sp³-hybridized carbons (Fsp3) is 0.636. The number of nitrogens with two attached hydrogens (primary N) is 1. The summed E-state index contributed by atoms with van der Waals surface area (Å²) >= 11 is 0. The lowest BCUT2D eigenvalue weighted by molar-refractivity contribution is 0.485. The quantitative estimate of drug-likeness (QED) is 0.702. The van der Waals surface area contributed by atoms with Crippen LogP contribution in [0, 0.1) is 5.41 Å². The summed E-state index contributed by atoms with van der Waals surface area (Å²) in [6, 6.07) is 0. The summed E-state index contributed by atoms with van der Waals surface area (Å²) < 4.78 is 0. The van der Waals surface area contributed by atoms with E-state index < -0.39 is 0 Å². The van der Waals surface area contributed by atoms with E-state index in [9.17, 15) is 4.79 Å². The van der Waals surface area contributed by atoms with Gasteiger partial charge in [0.15, 0.2) is 5.82 Å². The molecule has 1 aliphatic rings. The molecule has 4 N–H and O–H groups in total. The Morgan fingerprint density at radius 3 is 3.00 bits per heavy atom. The lowest BCUT2D eigenvalue weighted by Gasteiger charge is -2.15. The Morgan fingerprint density at radius 1 is 1.62 bits per heavy atom. The van der Waals surface area contributed by atoms with E-state index in [1.54, 1.807) is 0 Å². The molecule has 5 nitrogen and oxygen atoms in total. The highest BCUT2D eigenvalue weighted by molar-refractivity contribution is 5.59. The lowest BCUT2D eigenvalue weighted by atomic mass is 10.0. The second-order valence-corrected chi connectivity index (χ2v) is 4.60. The van der Waals surface area contributed by atoms with Crippen molar-refractivity contribution in [2.75, 3.05) is 17.6 Å². The van der Waals surface area contributed by atoms with Crippen LogP contribution < -0.4 is 16.6 Å². The molecular formula is C11H18N4O. The van der Waals surface area contributed by atoms with E-state index in [0.29, 0.717) is 11.2 Å². The highest BCUT2D eigenvalue weighted by Crippen LogP contribution is 2.49. The first-order chi connectivity index (χ1) is 7.67. The summed E-state index contributed by atoms with van der Waals surface area (Å²) in [5.41, 5.74) is 5.96. The van der Waals surface area contributed by atoms with Crippen molar-refractivity contribution in [2.24, 2.45) is 5.41 Å². The van der Waals surface area contributed by atoms with Crippen LogP contribution in [0.25, 0.3) is 0 Å². The Hall–Kier alpha value is -1.52. The van der Waals surface area contributed by atoms with Crippen molar-refractivity contribution in [3.8, 4) is 0 Å². The maximum Gasteiger partial charge on any atom is 0.276 e. The summed E-state index contributed by atoms with van der Waals surface area (Å²) in [5.74, 6) is 0.506. The summed E-state index contributed by atoms with van der Waals surface area (Å²) in [6.07, 6.45) is 6.32. The van der Waals surface area contributed by atoms with Gasteiger partial charge in [0.1, 0.15) is 5.69 Å². The second-order valence-electron chi connectivity index (χ2n) is 4.60. The van der Waals surface area contributed by atoms with Crippen molar-refractivity contribution < 1.29 is 0 Å². The van der Waals surface area contributed by atoms with Crippen LogP contribution in [0.15, 0.2) is 11.1 Å². The minimum absolute atomic E-state index is 0.176. The fourth-order valence-electron chi connectivity index (χ4n) is 2.04. The van der Waals surface area contributed by atoms with Crippen LogP contribution in [0.4, 0.5) is 11.5 Å². The Bertz CT molecular complexity index is 422. The zero-order valence-electron chi connectivity index (χ0n) is 9.55. The van der Waals surface area contributed by atoms with Gasteiger partial charge in [-0.2, -0.15) is 0 Å². The van der Waals surface area contributed by atoms with Gasteiger partial charge in [0.2, 0.25) is 0 Å². The van der Waals surface area contributed by atoms with Crippen LogP contribution in [0.1, 0.15) is 32.6 Å². The molecule has 16 heavy (non-hydrogen) atoms. The van der Waals surface area contributed by atoms with Gasteiger partial charge in [-0.1, -0.05) is 13.3 Å². The van der Waals surface area contributed by atoms with E-state index in [1.165, 1.54) is 32.0 Å². The molecule has 88 valence electrons. The highest BCUT2D eigenvalue weighted by atomic mass is 16.1. The minimum Gasteiger partial charge on any atom is -0.391 e. The van der Waals surface area contributed by atoms with E-state index in [2.05, 4.69) is 22.2 Å². The van der Waals surface area contributed by atoms with E-state index in [4.69, 9.17) is 5.73 Å². The Kier molecular flexibility index (Phi) is 2.85. The molecule has 0 spiro atoms. The molecule has 0 bridgehead atoms. The van der Waals surface area contributed by atoms with E-state index >= 15 is 0 Å². The van der Waals surface area contributed by atoms with Gasteiger partial charge in [-0.3, -0.25) is 4.79 Å². The smallest absolute Gasteiger partial charge is 0.276 e. The van der Waals surface area contributed by atoms with Crippen molar-refractivity contribution in [2.45, 2.75) is 32.6 Å². The third-order valence-electron chi connectivity index (χ3n) is 3.26. The third-order valence-corrected chi connectivity index (χ3v) is 3.26. The Morgan fingerprint density at radius 2 is 2.38 bits per heavy atom. The number of anilines is 2. The second kappa shape index (κ2) is 4.15. The molecule has 0 saturated heterocycles. The zero-order chi connectivity index (χ0) is 11.6. The molecule has 1 fully saturated rings. The summed E-state index contributed by atoms with van der Waals surface area (Å²) in [7, 11) is 0. The molecule has 1 saturated carbocycles. The molecule has 0 aromatic carbocycles. The molecule has 1 aromatic rings. The molecule has 0 aliphatic heterocycles. The number of aromatic nitrogens is 2. The van der Waals surface area contributed by atoms with Gasteiger partial charge in [0, 0.05) is 6.54 Å². The number of nitrogens with one attached hydrogen (secondary N) is 2. The van der Waals surface area contributed by atoms with Crippen LogP contribution in [0.2, 0.25) is 0 Å². The molecule has 0 radical (unpaired) electrons. The van der Waals surface area contributed by atoms with Gasteiger partial charge in [0.25, 0.3) is 5.56 Å². The van der Waals surface area contributed by atoms with Gasteiger partial charge in [-0.05, 0) is 24.7 Å². The molecule has 1 aromatic heterocycles. The standard InChI is InChI=1S/C11H18N4O/c1-2-3-11(4-5-11)6-13-9-8(12)10(16)15-7-14-9/h7H,2-6,12H2,1H3,(H2,13,14,15,16). The highest BCUT2D eigenvalue weighted by Gasteiger charge is 2.41. The molecule has 0 unspecified atom stereocenters. The lowest BCUT2D eigenvalue weighted by Crippen LogP contribution is -2.20. The van der Waals surface area contributed by atoms with Crippen molar-refractivity contribution >= 4 is 11.5 Å². The summed E-state index contributed by atoms with van der Waals surface area (Å²) in [5, 5.41) is 3.19. The molecular weight excluding hydrogens is 204 g/mol. The fourth-order valence-corrected chi connectivity index (χ4v) is 2.04. The molecule has 1 heterocycles. The van der Waals surface area contributed by atoms with E-state index in [1.807, 2.05) is 0 Å². The monoisotopic (exact) mass is 222 g/mol. The Balaban J connectivity index is 2.00. The van der Waals surface area contributed by atoms with Gasteiger partial charge >= 0.3 is 0 Å². The molecule has 5 heteroatoms. The molecule has 1 aliphatic carbocycles. The number of aromatic amines is 1.